The van der Waals surface area contributed by atoms with Crippen LogP contribution in [0.1, 0.15) is 10.7 Å². The maximum absolute atomic E-state index is 5.95. The second-order valence-electron chi connectivity index (χ2n) is 3.25. The number of rotatable bonds is 4. The van der Waals surface area contributed by atoms with Gasteiger partial charge in [-0.3, -0.25) is 5.43 Å². The summed E-state index contributed by atoms with van der Waals surface area (Å²) in [6.07, 6.45) is 1.48. The highest BCUT2D eigenvalue weighted by atomic mass is 35.5. The van der Waals surface area contributed by atoms with Crippen LogP contribution in [0.2, 0.25) is 5.02 Å². The molecule has 0 radical (unpaired) electrons. The van der Waals surface area contributed by atoms with Gasteiger partial charge in [-0.05, 0) is 6.92 Å². The minimum atomic E-state index is 0.311. The predicted molar refractivity (Wildman–Crippen MR) is 69.0 cm³/mol. The molecule has 90 valence electrons. The van der Waals surface area contributed by atoms with Crippen LogP contribution in [0, 0.1) is 6.92 Å². The lowest BCUT2D eigenvalue weighted by molar-refractivity contribution is 1.02. The van der Waals surface area contributed by atoms with E-state index in [0.29, 0.717) is 23.3 Å². The van der Waals surface area contributed by atoms with Crippen molar-refractivity contribution in [3.8, 4) is 0 Å². The topological polar surface area (TPSA) is 88.8 Å². The van der Waals surface area contributed by atoms with Crippen molar-refractivity contribution in [3.63, 3.8) is 0 Å². The van der Waals surface area contributed by atoms with Crippen LogP contribution < -0.4 is 16.6 Å². The van der Waals surface area contributed by atoms with Crippen molar-refractivity contribution < 1.29 is 0 Å². The Bertz CT molecular complexity index is 514. The standard InChI is InChI=1S/C9H11ClN6S/c1-5-14-6(4-17-5)2-12-8-7(10)3-13-9(15-8)16-11/h3-4H,2,11H2,1H3,(H2,12,13,15,16). The number of nitrogens with zero attached hydrogens (tertiary/aromatic N) is 3. The van der Waals surface area contributed by atoms with Crippen LogP contribution in [0.5, 0.6) is 0 Å². The lowest BCUT2D eigenvalue weighted by Gasteiger charge is -2.06. The molecule has 0 unspecified atom stereocenters. The van der Waals surface area contributed by atoms with Crippen LogP contribution in [0.3, 0.4) is 0 Å². The SMILES string of the molecule is Cc1nc(CNc2nc(NN)ncc2Cl)cs1. The monoisotopic (exact) mass is 270 g/mol. The summed E-state index contributed by atoms with van der Waals surface area (Å²) in [6, 6.07) is 0. The van der Waals surface area contributed by atoms with Gasteiger partial charge in [-0.15, -0.1) is 11.3 Å². The molecule has 2 aromatic rings. The lowest BCUT2D eigenvalue weighted by Crippen LogP contribution is -2.12. The summed E-state index contributed by atoms with van der Waals surface area (Å²) < 4.78 is 0. The number of halogens is 1. The Balaban J connectivity index is 2.07. The van der Waals surface area contributed by atoms with Crippen LogP contribution in [0.25, 0.3) is 0 Å². The second-order valence-corrected chi connectivity index (χ2v) is 4.72. The quantitative estimate of drug-likeness (QED) is 0.580. The highest BCUT2D eigenvalue weighted by Crippen LogP contribution is 2.20. The van der Waals surface area contributed by atoms with Crippen molar-refractivity contribution in [2.45, 2.75) is 13.5 Å². The van der Waals surface area contributed by atoms with E-state index >= 15 is 0 Å². The Kier molecular flexibility index (Phi) is 3.72. The Morgan fingerprint density at radius 1 is 1.47 bits per heavy atom. The summed E-state index contributed by atoms with van der Waals surface area (Å²) in [5.74, 6) is 6.06. The molecule has 6 nitrogen and oxygen atoms in total. The molecule has 0 aliphatic heterocycles. The van der Waals surface area contributed by atoms with E-state index in [1.807, 2.05) is 12.3 Å². The van der Waals surface area contributed by atoms with E-state index in [1.165, 1.54) is 6.20 Å². The first-order valence-corrected chi connectivity index (χ1v) is 6.09. The highest BCUT2D eigenvalue weighted by Gasteiger charge is 2.05. The molecule has 8 heteroatoms. The number of hydrogen-bond acceptors (Lipinski definition) is 7. The van der Waals surface area contributed by atoms with Crippen molar-refractivity contribution in [3.05, 3.63) is 27.3 Å². The summed E-state index contributed by atoms with van der Waals surface area (Å²) >= 11 is 7.55. The van der Waals surface area contributed by atoms with E-state index in [0.717, 1.165) is 10.7 Å². The zero-order chi connectivity index (χ0) is 12.3. The normalized spacial score (nSPS) is 10.3. The van der Waals surface area contributed by atoms with Gasteiger partial charge in [-0.2, -0.15) is 4.98 Å². The third-order valence-electron chi connectivity index (χ3n) is 1.98. The van der Waals surface area contributed by atoms with E-state index in [4.69, 9.17) is 17.4 Å². The summed E-state index contributed by atoms with van der Waals surface area (Å²) in [6.45, 7) is 2.52. The smallest absolute Gasteiger partial charge is 0.239 e. The number of nitrogens with one attached hydrogen (secondary N) is 2. The van der Waals surface area contributed by atoms with Gasteiger partial charge in [0, 0.05) is 5.38 Å². The van der Waals surface area contributed by atoms with Gasteiger partial charge in [0.2, 0.25) is 5.95 Å². The van der Waals surface area contributed by atoms with Gasteiger partial charge in [0.1, 0.15) is 5.02 Å². The molecule has 0 bridgehead atoms. The van der Waals surface area contributed by atoms with Gasteiger partial charge in [0.25, 0.3) is 0 Å². The largest absolute Gasteiger partial charge is 0.363 e. The fourth-order valence-electron chi connectivity index (χ4n) is 1.22. The summed E-state index contributed by atoms with van der Waals surface area (Å²) in [5, 5.41) is 6.54. The summed E-state index contributed by atoms with van der Waals surface area (Å²) in [7, 11) is 0. The van der Waals surface area contributed by atoms with Crippen LogP contribution in [0.15, 0.2) is 11.6 Å². The molecule has 2 rings (SSSR count). The molecular formula is C9H11ClN6S. The predicted octanol–water partition coefficient (Wildman–Crippen LogP) is 1.79. The van der Waals surface area contributed by atoms with Crippen LogP contribution in [-0.4, -0.2) is 15.0 Å². The minimum Gasteiger partial charge on any atom is -0.363 e. The van der Waals surface area contributed by atoms with Gasteiger partial charge in [-0.1, -0.05) is 11.6 Å². The molecule has 0 fully saturated rings. The van der Waals surface area contributed by atoms with Crippen molar-refractivity contribution in [2.24, 2.45) is 5.84 Å². The first-order chi connectivity index (χ1) is 8.19. The van der Waals surface area contributed by atoms with E-state index in [2.05, 4.69) is 25.7 Å². The summed E-state index contributed by atoms with van der Waals surface area (Å²) in [4.78, 5) is 12.3. The fraction of sp³-hybridized carbons (Fsp3) is 0.222. The molecule has 0 saturated carbocycles. The number of thiazole rings is 1. The summed E-state index contributed by atoms with van der Waals surface area (Å²) in [5.41, 5.74) is 3.31. The molecule has 17 heavy (non-hydrogen) atoms. The molecule has 0 aromatic carbocycles. The van der Waals surface area contributed by atoms with E-state index in [9.17, 15) is 0 Å². The van der Waals surface area contributed by atoms with Gasteiger partial charge >= 0.3 is 0 Å². The molecule has 0 spiro atoms. The Labute approximate surface area is 107 Å². The lowest BCUT2D eigenvalue weighted by atomic mass is 10.4. The molecular weight excluding hydrogens is 260 g/mol. The van der Waals surface area contributed by atoms with Crippen LogP contribution in [-0.2, 0) is 6.54 Å². The Morgan fingerprint density at radius 3 is 2.94 bits per heavy atom. The number of nitrogens with two attached hydrogens (primary N) is 1. The van der Waals surface area contributed by atoms with E-state index < -0.39 is 0 Å². The highest BCUT2D eigenvalue weighted by molar-refractivity contribution is 7.09. The first kappa shape index (κ1) is 12.0. The zero-order valence-corrected chi connectivity index (χ0v) is 10.6. The Hall–Kier alpha value is -1.44. The Morgan fingerprint density at radius 2 is 2.29 bits per heavy atom. The second kappa shape index (κ2) is 5.26. The number of nitrogen functional groups attached to an aromatic ring is 1. The average Bonchev–Trinajstić information content (AvgIpc) is 2.74. The molecule has 0 atom stereocenters. The average molecular weight is 271 g/mol. The molecule has 2 heterocycles. The third kappa shape index (κ3) is 3.02. The van der Waals surface area contributed by atoms with Crippen LogP contribution >= 0.6 is 22.9 Å². The number of hydrogen-bond donors (Lipinski definition) is 3. The van der Waals surface area contributed by atoms with Gasteiger partial charge in [0.05, 0.1) is 23.4 Å². The molecule has 4 N–H and O–H groups in total. The van der Waals surface area contributed by atoms with E-state index in [-0.39, 0.29) is 0 Å². The zero-order valence-electron chi connectivity index (χ0n) is 9.07. The molecule has 0 saturated heterocycles. The number of hydrazine groups is 1. The van der Waals surface area contributed by atoms with Crippen LogP contribution in [0.4, 0.5) is 11.8 Å². The maximum atomic E-state index is 5.95. The van der Waals surface area contributed by atoms with Crippen molar-refractivity contribution in [2.75, 3.05) is 10.7 Å². The van der Waals surface area contributed by atoms with Gasteiger partial charge in [-0.25, -0.2) is 15.8 Å². The third-order valence-corrected chi connectivity index (χ3v) is 3.08. The van der Waals surface area contributed by atoms with Gasteiger partial charge < -0.3 is 5.32 Å². The van der Waals surface area contributed by atoms with E-state index in [1.54, 1.807) is 11.3 Å². The number of anilines is 2. The first-order valence-electron chi connectivity index (χ1n) is 4.83. The molecule has 2 aromatic heterocycles. The number of aromatic nitrogens is 3. The molecule has 0 aliphatic carbocycles. The number of aryl methyl sites for hydroxylation is 1. The van der Waals surface area contributed by atoms with Crippen molar-refractivity contribution >= 4 is 34.7 Å². The maximum Gasteiger partial charge on any atom is 0.239 e. The molecule has 0 amide bonds. The minimum absolute atomic E-state index is 0.311. The molecule has 0 aliphatic rings. The van der Waals surface area contributed by atoms with Crippen molar-refractivity contribution in [1.82, 2.24) is 15.0 Å². The van der Waals surface area contributed by atoms with Crippen molar-refractivity contribution in [1.29, 1.82) is 0 Å². The van der Waals surface area contributed by atoms with Gasteiger partial charge in [0.15, 0.2) is 5.82 Å². The fourth-order valence-corrected chi connectivity index (χ4v) is 1.99.